The van der Waals surface area contributed by atoms with E-state index in [2.05, 4.69) is 14.6 Å². The number of methoxy groups -OCH3 is 1. The number of ether oxygens (including phenoxy) is 2. The van der Waals surface area contributed by atoms with Crippen LogP contribution in [-0.2, 0) is 4.74 Å². The molecule has 1 aliphatic rings. The summed E-state index contributed by atoms with van der Waals surface area (Å²) in [6.07, 6.45) is 0. The molecule has 19 heavy (non-hydrogen) atoms. The molecule has 1 heterocycles. The summed E-state index contributed by atoms with van der Waals surface area (Å²) in [6, 6.07) is 6.95. The number of aliphatic imine (C=N–C) groups is 1. The first-order valence-electron chi connectivity index (χ1n) is 6.28. The van der Waals surface area contributed by atoms with Gasteiger partial charge in [-0.15, -0.1) is 0 Å². The van der Waals surface area contributed by atoms with E-state index in [0.717, 1.165) is 31.2 Å². The molecule has 5 nitrogen and oxygen atoms in total. The molecule has 0 aliphatic carbocycles. The maximum absolute atomic E-state index is 11.3. The van der Waals surface area contributed by atoms with Crippen LogP contribution in [0.2, 0.25) is 0 Å². The predicted molar refractivity (Wildman–Crippen MR) is 72.8 cm³/mol. The molecule has 0 saturated heterocycles. The molecule has 0 radical (unpaired) electrons. The second-order valence-electron chi connectivity index (χ2n) is 4.28. The SMILES string of the molecule is COC(=O)c1ccc(OCCN2CCN=C2C)cc1. The van der Waals surface area contributed by atoms with Gasteiger partial charge < -0.3 is 14.4 Å². The smallest absolute Gasteiger partial charge is 0.337 e. The van der Waals surface area contributed by atoms with Gasteiger partial charge in [-0.1, -0.05) is 0 Å². The van der Waals surface area contributed by atoms with Crippen LogP contribution >= 0.6 is 0 Å². The monoisotopic (exact) mass is 262 g/mol. The Bertz CT molecular complexity index is 468. The third-order valence-electron chi connectivity index (χ3n) is 3.07. The van der Waals surface area contributed by atoms with Crippen LogP contribution in [0.25, 0.3) is 0 Å². The Morgan fingerprint density at radius 3 is 2.68 bits per heavy atom. The zero-order valence-corrected chi connectivity index (χ0v) is 11.3. The summed E-state index contributed by atoms with van der Waals surface area (Å²) in [5, 5.41) is 0. The predicted octanol–water partition coefficient (Wildman–Crippen LogP) is 1.59. The highest BCUT2D eigenvalue weighted by molar-refractivity contribution is 5.89. The first kappa shape index (κ1) is 13.4. The van der Waals surface area contributed by atoms with Gasteiger partial charge in [0, 0.05) is 6.54 Å². The van der Waals surface area contributed by atoms with Crippen molar-refractivity contribution in [2.24, 2.45) is 4.99 Å². The van der Waals surface area contributed by atoms with Gasteiger partial charge in [0.2, 0.25) is 0 Å². The molecule has 0 spiro atoms. The highest BCUT2D eigenvalue weighted by atomic mass is 16.5. The summed E-state index contributed by atoms with van der Waals surface area (Å²) < 4.78 is 10.3. The van der Waals surface area contributed by atoms with Crippen LogP contribution in [0.3, 0.4) is 0 Å². The van der Waals surface area contributed by atoms with Crippen molar-refractivity contribution in [3.05, 3.63) is 29.8 Å². The lowest BCUT2D eigenvalue weighted by Crippen LogP contribution is -2.30. The van der Waals surface area contributed by atoms with Gasteiger partial charge in [-0.3, -0.25) is 4.99 Å². The lowest BCUT2D eigenvalue weighted by Gasteiger charge is -2.18. The molecule has 0 fully saturated rings. The van der Waals surface area contributed by atoms with Gasteiger partial charge in [-0.2, -0.15) is 0 Å². The summed E-state index contributed by atoms with van der Waals surface area (Å²) in [5.41, 5.74) is 0.525. The van der Waals surface area contributed by atoms with Crippen molar-refractivity contribution >= 4 is 11.8 Å². The van der Waals surface area contributed by atoms with Crippen LogP contribution in [0.1, 0.15) is 17.3 Å². The van der Waals surface area contributed by atoms with Crippen LogP contribution < -0.4 is 4.74 Å². The summed E-state index contributed by atoms with van der Waals surface area (Å²) >= 11 is 0. The van der Waals surface area contributed by atoms with Gasteiger partial charge >= 0.3 is 5.97 Å². The largest absolute Gasteiger partial charge is 0.492 e. The van der Waals surface area contributed by atoms with Gasteiger partial charge in [0.05, 0.1) is 31.6 Å². The van der Waals surface area contributed by atoms with Crippen LogP contribution in [0.4, 0.5) is 0 Å². The van der Waals surface area contributed by atoms with E-state index >= 15 is 0 Å². The minimum Gasteiger partial charge on any atom is -0.492 e. The molecule has 1 aromatic rings. The van der Waals surface area contributed by atoms with E-state index < -0.39 is 0 Å². The van der Waals surface area contributed by atoms with Gasteiger partial charge in [-0.25, -0.2) is 4.79 Å². The van der Waals surface area contributed by atoms with Crippen molar-refractivity contribution in [3.8, 4) is 5.75 Å². The maximum atomic E-state index is 11.3. The minimum absolute atomic E-state index is 0.338. The highest BCUT2D eigenvalue weighted by Crippen LogP contribution is 2.13. The molecule has 0 unspecified atom stereocenters. The Balaban J connectivity index is 1.80. The molecule has 2 rings (SSSR count). The van der Waals surface area contributed by atoms with E-state index in [1.807, 2.05) is 6.92 Å². The topological polar surface area (TPSA) is 51.1 Å². The number of hydrogen-bond acceptors (Lipinski definition) is 5. The summed E-state index contributed by atoms with van der Waals surface area (Å²) in [6.45, 7) is 5.28. The van der Waals surface area contributed by atoms with E-state index in [1.165, 1.54) is 7.11 Å². The zero-order chi connectivity index (χ0) is 13.7. The fraction of sp³-hybridized carbons (Fsp3) is 0.429. The Morgan fingerprint density at radius 2 is 2.11 bits per heavy atom. The van der Waals surface area contributed by atoms with Crippen LogP contribution in [-0.4, -0.2) is 50.1 Å². The molecule has 1 aromatic carbocycles. The minimum atomic E-state index is -0.338. The van der Waals surface area contributed by atoms with Crippen molar-refractivity contribution in [1.29, 1.82) is 0 Å². The number of hydrogen-bond donors (Lipinski definition) is 0. The van der Waals surface area contributed by atoms with Crippen molar-refractivity contribution in [2.75, 3.05) is 33.4 Å². The number of rotatable bonds is 5. The highest BCUT2D eigenvalue weighted by Gasteiger charge is 2.11. The van der Waals surface area contributed by atoms with Crippen molar-refractivity contribution < 1.29 is 14.3 Å². The quantitative estimate of drug-likeness (QED) is 0.756. The van der Waals surface area contributed by atoms with Crippen molar-refractivity contribution in [1.82, 2.24) is 4.90 Å². The number of carbonyl (C=O) groups excluding carboxylic acids is 1. The van der Waals surface area contributed by atoms with Crippen molar-refractivity contribution in [3.63, 3.8) is 0 Å². The Hall–Kier alpha value is -2.04. The first-order chi connectivity index (χ1) is 9.20. The Morgan fingerprint density at radius 1 is 1.37 bits per heavy atom. The molecule has 1 aliphatic heterocycles. The van der Waals surface area contributed by atoms with Crippen LogP contribution in [0.15, 0.2) is 29.3 Å². The lowest BCUT2D eigenvalue weighted by atomic mass is 10.2. The molecule has 0 bridgehead atoms. The fourth-order valence-corrected chi connectivity index (χ4v) is 1.95. The molecule has 102 valence electrons. The average Bonchev–Trinajstić information content (AvgIpc) is 2.84. The molecule has 0 N–H and O–H groups in total. The normalized spacial score (nSPS) is 14.2. The molecule has 5 heteroatoms. The molecule has 0 atom stereocenters. The number of amidine groups is 1. The standard InChI is InChI=1S/C14H18N2O3/c1-11-15-7-8-16(11)9-10-19-13-5-3-12(4-6-13)14(17)18-2/h3-6H,7-10H2,1-2H3. The maximum Gasteiger partial charge on any atom is 0.337 e. The second-order valence-corrected chi connectivity index (χ2v) is 4.28. The number of nitrogens with zero attached hydrogens (tertiary/aromatic N) is 2. The van der Waals surface area contributed by atoms with Gasteiger partial charge in [0.25, 0.3) is 0 Å². The van der Waals surface area contributed by atoms with E-state index in [9.17, 15) is 4.79 Å². The third-order valence-corrected chi connectivity index (χ3v) is 3.07. The fourth-order valence-electron chi connectivity index (χ4n) is 1.95. The third kappa shape index (κ3) is 3.47. The van der Waals surface area contributed by atoms with E-state index in [-0.39, 0.29) is 5.97 Å². The van der Waals surface area contributed by atoms with E-state index in [0.29, 0.717) is 12.2 Å². The van der Waals surface area contributed by atoms with Gasteiger partial charge in [0.15, 0.2) is 0 Å². The number of esters is 1. The summed E-state index contributed by atoms with van der Waals surface area (Å²) in [5.74, 6) is 1.49. The van der Waals surface area contributed by atoms with Crippen LogP contribution in [0.5, 0.6) is 5.75 Å². The molecular weight excluding hydrogens is 244 g/mol. The Kier molecular flexibility index (Phi) is 4.39. The van der Waals surface area contributed by atoms with E-state index in [1.54, 1.807) is 24.3 Å². The van der Waals surface area contributed by atoms with Gasteiger partial charge in [0.1, 0.15) is 12.4 Å². The molecular formula is C14H18N2O3. The van der Waals surface area contributed by atoms with Crippen LogP contribution in [0, 0.1) is 0 Å². The average molecular weight is 262 g/mol. The van der Waals surface area contributed by atoms with Gasteiger partial charge in [-0.05, 0) is 31.2 Å². The molecule has 0 saturated carbocycles. The summed E-state index contributed by atoms with van der Waals surface area (Å²) in [7, 11) is 1.37. The number of carbonyl (C=O) groups is 1. The molecule has 0 aromatic heterocycles. The van der Waals surface area contributed by atoms with E-state index in [4.69, 9.17) is 4.74 Å². The summed E-state index contributed by atoms with van der Waals surface area (Å²) in [4.78, 5) is 17.8. The first-order valence-corrected chi connectivity index (χ1v) is 6.28. The molecule has 0 amide bonds. The van der Waals surface area contributed by atoms with Crippen molar-refractivity contribution in [2.45, 2.75) is 6.92 Å². The number of benzene rings is 1. The zero-order valence-electron chi connectivity index (χ0n) is 11.3. The second kappa shape index (κ2) is 6.22. The lowest BCUT2D eigenvalue weighted by molar-refractivity contribution is 0.0600. The Labute approximate surface area is 112 Å².